The molecule has 0 radical (unpaired) electrons. The molecular weight excluding hydrogens is 389 g/mol. The van der Waals surface area contributed by atoms with Gasteiger partial charge in [0, 0.05) is 31.5 Å². The molecule has 0 bridgehead atoms. The molecule has 8 heteroatoms. The molecule has 7 nitrogen and oxygen atoms in total. The quantitative estimate of drug-likeness (QED) is 0.752. The maximum atomic E-state index is 13.8. The van der Waals surface area contributed by atoms with E-state index in [2.05, 4.69) is 10.2 Å². The Kier molecular flexibility index (Phi) is 7.24. The molecule has 0 aliphatic carbocycles. The lowest BCUT2D eigenvalue weighted by Gasteiger charge is -2.28. The number of anilines is 2. The van der Waals surface area contributed by atoms with Crippen LogP contribution in [0.5, 0.6) is 5.75 Å². The first-order valence-corrected chi connectivity index (χ1v) is 9.75. The topological polar surface area (TPSA) is 71.1 Å². The molecule has 160 valence electrons. The highest BCUT2D eigenvalue weighted by molar-refractivity contribution is 5.94. The zero-order chi connectivity index (χ0) is 21.5. The van der Waals surface area contributed by atoms with Gasteiger partial charge in [-0.15, -0.1) is 0 Å². The fourth-order valence-corrected chi connectivity index (χ4v) is 3.21. The molecule has 1 N–H and O–H groups in total. The Morgan fingerprint density at radius 3 is 2.50 bits per heavy atom. The Morgan fingerprint density at radius 1 is 1.17 bits per heavy atom. The fraction of sp³-hybridized carbons (Fsp3) is 0.364. The van der Waals surface area contributed by atoms with Crippen LogP contribution in [0.15, 0.2) is 42.5 Å². The number of ether oxygens (including phenoxy) is 2. The number of benzene rings is 2. The summed E-state index contributed by atoms with van der Waals surface area (Å²) < 4.78 is 24.0. The number of hydrogen-bond acceptors (Lipinski definition) is 5. The Hall–Kier alpha value is -3.13. The van der Waals surface area contributed by atoms with E-state index in [1.165, 1.54) is 24.1 Å². The van der Waals surface area contributed by atoms with Crippen LogP contribution in [0.25, 0.3) is 0 Å². The van der Waals surface area contributed by atoms with E-state index in [0.717, 1.165) is 18.8 Å². The van der Waals surface area contributed by atoms with Crippen molar-refractivity contribution in [3.05, 3.63) is 53.8 Å². The van der Waals surface area contributed by atoms with Crippen molar-refractivity contribution in [1.82, 2.24) is 4.90 Å². The molecule has 3 rings (SSSR count). The zero-order valence-electron chi connectivity index (χ0n) is 17.2. The number of halogens is 1. The van der Waals surface area contributed by atoms with Crippen LogP contribution in [-0.2, 0) is 20.7 Å². The second kappa shape index (κ2) is 10.1. The van der Waals surface area contributed by atoms with Gasteiger partial charge in [0.05, 0.1) is 33.3 Å². The van der Waals surface area contributed by atoms with Crippen LogP contribution in [0.1, 0.15) is 5.56 Å². The molecule has 1 aliphatic rings. The van der Waals surface area contributed by atoms with Crippen LogP contribution in [0, 0.1) is 5.82 Å². The number of carbonyl (C=O) groups is 2. The first kappa shape index (κ1) is 21.6. The third kappa shape index (κ3) is 5.70. The Balaban J connectivity index is 1.50. The van der Waals surface area contributed by atoms with Crippen LogP contribution < -0.4 is 15.0 Å². The van der Waals surface area contributed by atoms with Gasteiger partial charge in [0.15, 0.2) is 11.6 Å². The lowest BCUT2D eigenvalue weighted by Crippen LogP contribution is -2.36. The summed E-state index contributed by atoms with van der Waals surface area (Å²) in [5.74, 6) is -0.981. The van der Waals surface area contributed by atoms with E-state index in [0.29, 0.717) is 24.5 Å². The summed E-state index contributed by atoms with van der Waals surface area (Å²) in [6.45, 7) is 3.01. The van der Waals surface area contributed by atoms with Gasteiger partial charge >= 0.3 is 0 Å². The van der Waals surface area contributed by atoms with Gasteiger partial charge in [-0.1, -0.05) is 6.07 Å². The number of hydrogen-bond donors (Lipinski definition) is 1. The SMILES string of the molecule is COc1ccc(CC(=O)N(C)CC(=O)Nc2ccc(N3CCOCC3)cc2)cc1F. The molecule has 1 fully saturated rings. The first-order valence-electron chi connectivity index (χ1n) is 9.75. The summed E-state index contributed by atoms with van der Waals surface area (Å²) in [7, 11) is 2.93. The number of nitrogens with zero attached hydrogens (tertiary/aromatic N) is 2. The van der Waals surface area contributed by atoms with Gasteiger partial charge in [0.1, 0.15) is 0 Å². The van der Waals surface area contributed by atoms with Gasteiger partial charge in [-0.3, -0.25) is 9.59 Å². The van der Waals surface area contributed by atoms with E-state index >= 15 is 0 Å². The van der Waals surface area contributed by atoms with Crippen molar-refractivity contribution in [3.8, 4) is 5.75 Å². The Morgan fingerprint density at radius 2 is 1.87 bits per heavy atom. The summed E-state index contributed by atoms with van der Waals surface area (Å²) >= 11 is 0. The summed E-state index contributed by atoms with van der Waals surface area (Å²) in [6.07, 6.45) is -0.00105. The largest absolute Gasteiger partial charge is 0.494 e. The third-order valence-electron chi connectivity index (χ3n) is 4.91. The smallest absolute Gasteiger partial charge is 0.243 e. The number of carbonyl (C=O) groups excluding carboxylic acids is 2. The van der Waals surface area contributed by atoms with Crippen molar-refractivity contribution >= 4 is 23.2 Å². The molecular formula is C22H26FN3O4. The fourth-order valence-electron chi connectivity index (χ4n) is 3.21. The van der Waals surface area contributed by atoms with Crippen LogP contribution in [0.3, 0.4) is 0 Å². The van der Waals surface area contributed by atoms with Gasteiger partial charge in [-0.25, -0.2) is 4.39 Å². The molecule has 2 aromatic rings. The normalized spacial score (nSPS) is 13.6. The first-order chi connectivity index (χ1) is 14.5. The number of nitrogens with one attached hydrogen (secondary N) is 1. The minimum Gasteiger partial charge on any atom is -0.494 e. The van der Waals surface area contributed by atoms with Crippen molar-refractivity contribution in [2.75, 3.05) is 57.2 Å². The predicted octanol–water partition coefficient (Wildman–Crippen LogP) is 2.31. The second-order valence-electron chi connectivity index (χ2n) is 7.09. The Labute approximate surface area is 175 Å². The molecule has 0 saturated carbocycles. The van der Waals surface area contributed by atoms with Crippen LogP contribution in [-0.4, -0.2) is 63.7 Å². The van der Waals surface area contributed by atoms with Crippen molar-refractivity contribution in [3.63, 3.8) is 0 Å². The molecule has 2 amide bonds. The van der Waals surface area contributed by atoms with Gasteiger partial charge in [-0.05, 0) is 42.0 Å². The van der Waals surface area contributed by atoms with Gasteiger partial charge in [-0.2, -0.15) is 0 Å². The van der Waals surface area contributed by atoms with Gasteiger partial charge in [0.2, 0.25) is 11.8 Å². The zero-order valence-corrected chi connectivity index (χ0v) is 17.2. The lowest BCUT2D eigenvalue weighted by atomic mass is 10.1. The minimum absolute atomic E-state index is 0.00105. The molecule has 1 aliphatic heterocycles. The summed E-state index contributed by atoms with van der Waals surface area (Å²) in [5.41, 5.74) is 2.26. The third-order valence-corrected chi connectivity index (χ3v) is 4.91. The minimum atomic E-state index is -0.524. The van der Waals surface area contributed by atoms with Crippen molar-refractivity contribution in [2.24, 2.45) is 0 Å². The molecule has 1 heterocycles. The molecule has 0 aromatic heterocycles. The molecule has 0 unspecified atom stereocenters. The number of methoxy groups -OCH3 is 1. The maximum Gasteiger partial charge on any atom is 0.243 e. The average molecular weight is 415 g/mol. The van der Waals surface area contributed by atoms with E-state index in [1.54, 1.807) is 13.1 Å². The van der Waals surface area contributed by atoms with Crippen LogP contribution in [0.2, 0.25) is 0 Å². The van der Waals surface area contributed by atoms with Gasteiger partial charge < -0.3 is 24.6 Å². The van der Waals surface area contributed by atoms with Crippen molar-refractivity contribution < 1.29 is 23.5 Å². The molecule has 1 saturated heterocycles. The van der Waals surface area contributed by atoms with Crippen molar-refractivity contribution in [2.45, 2.75) is 6.42 Å². The highest BCUT2D eigenvalue weighted by Gasteiger charge is 2.15. The summed E-state index contributed by atoms with van der Waals surface area (Å²) in [4.78, 5) is 28.2. The van der Waals surface area contributed by atoms with E-state index in [1.807, 2.05) is 24.3 Å². The summed E-state index contributed by atoms with van der Waals surface area (Å²) in [6, 6.07) is 12.0. The van der Waals surface area contributed by atoms with E-state index < -0.39 is 5.82 Å². The standard InChI is InChI=1S/C22H26FN3O4/c1-25(22(28)14-16-3-8-20(29-2)19(23)13-16)15-21(27)24-17-4-6-18(7-5-17)26-9-11-30-12-10-26/h3-8,13H,9-12,14-15H2,1-2H3,(H,24,27). The van der Waals surface area contributed by atoms with Crippen LogP contribution >= 0.6 is 0 Å². The molecule has 0 spiro atoms. The monoisotopic (exact) mass is 415 g/mol. The number of amides is 2. The highest BCUT2D eigenvalue weighted by atomic mass is 19.1. The van der Waals surface area contributed by atoms with E-state index in [-0.39, 0.29) is 30.5 Å². The number of morpholine rings is 1. The summed E-state index contributed by atoms with van der Waals surface area (Å²) in [5, 5.41) is 2.79. The lowest BCUT2D eigenvalue weighted by molar-refractivity contribution is -0.132. The Bertz CT molecular complexity index is 882. The molecule has 30 heavy (non-hydrogen) atoms. The molecule has 0 atom stereocenters. The second-order valence-corrected chi connectivity index (χ2v) is 7.09. The predicted molar refractivity (Wildman–Crippen MR) is 112 cm³/mol. The maximum absolute atomic E-state index is 13.8. The van der Waals surface area contributed by atoms with Gasteiger partial charge in [0.25, 0.3) is 0 Å². The molecule has 2 aromatic carbocycles. The van der Waals surface area contributed by atoms with Crippen LogP contribution in [0.4, 0.5) is 15.8 Å². The average Bonchev–Trinajstić information content (AvgIpc) is 2.75. The highest BCUT2D eigenvalue weighted by Crippen LogP contribution is 2.20. The van der Waals surface area contributed by atoms with E-state index in [4.69, 9.17) is 9.47 Å². The van der Waals surface area contributed by atoms with E-state index in [9.17, 15) is 14.0 Å². The number of rotatable bonds is 7. The van der Waals surface area contributed by atoms with Crippen molar-refractivity contribution in [1.29, 1.82) is 0 Å². The number of likely N-dealkylation sites (N-methyl/N-ethyl adjacent to an activating group) is 1.